The Labute approximate surface area is 773 Å². The molecule has 18 rings (SSSR count). The fraction of sp³-hybridized carbons (Fsp3) is 0.355. The Balaban J connectivity index is 0.000000144. The van der Waals surface area contributed by atoms with Gasteiger partial charge in [-0.3, -0.25) is 43.8 Å². The first-order valence-corrected chi connectivity index (χ1v) is 44.3. The lowest BCUT2D eigenvalue weighted by molar-refractivity contribution is 0.0565. The predicted molar refractivity (Wildman–Crippen MR) is 504 cm³/mol. The number of pyridine rings is 1. The molecule has 4 aromatic carbocycles. The highest BCUT2D eigenvalue weighted by Crippen LogP contribution is 2.38. The van der Waals surface area contributed by atoms with Crippen LogP contribution in [0.1, 0.15) is 180 Å². The molecule has 3 aliphatic heterocycles. The van der Waals surface area contributed by atoms with Gasteiger partial charge < -0.3 is 34.8 Å². The monoisotopic (exact) mass is 1860 g/mol. The van der Waals surface area contributed by atoms with Crippen molar-refractivity contribution < 1.29 is 28.6 Å². The maximum absolute atomic E-state index is 13.2. The number of benzene rings is 4. The Morgan fingerprint density at radius 3 is 1.48 bits per heavy atom. The molecule has 0 saturated carbocycles. The SMILES string of the molecule is CC(C)(C)OC(=O)N1CCCc2c(Cl)nc(Cl)nc21.CC(C)(C)OC(=O)N1CCCc2c(NCc3ccccc3)nc(Cl)nc21.Cc1cc2c(C#N)cccc2[nH]1.Cc1cc2c(C#N)cccc2n1-c1nc(NCc2ccccc2)c2c(n1)N(C(=O)OC(C)(C)C)CCC2.Clc1nc(Cl)c2c(n1)CCCC2.O=c1[nH]c(=O)c2cccnc2[nH]1.O=c1[nH]c2c(c(=O)[nH]1)CCCC2. The van der Waals surface area contributed by atoms with Gasteiger partial charge in [0.25, 0.3) is 11.1 Å². The van der Waals surface area contributed by atoms with Crippen LogP contribution < -0.4 is 47.8 Å². The second-order valence-corrected chi connectivity index (χ2v) is 35.6. The van der Waals surface area contributed by atoms with E-state index in [0.29, 0.717) is 94.7 Å². The number of nitriles is 2. The number of carbonyl (C=O) groups is 3. The van der Waals surface area contributed by atoms with Gasteiger partial charge in [0.05, 0.1) is 39.9 Å². The Bertz CT molecular complexity index is 6650. The molecule has 12 heterocycles. The molecule has 37 heteroatoms. The minimum Gasteiger partial charge on any atom is -0.443 e. The first kappa shape index (κ1) is 96.0. The number of aryl methyl sites for hydroxylation is 4. The van der Waals surface area contributed by atoms with Crippen LogP contribution in [-0.2, 0) is 72.2 Å². The summed E-state index contributed by atoms with van der Waals surface area (Å²) < 4.78 is 18.5. The second-order valence-electron chi connectivity index (χ2n) is 33.9. The summed E-state index contributed by atoms with van der Waals surface area (Å²) in [6.45, 7) is 23.3. The van der Waals surface area contributed by atoms with Crippen molar-refractivity contribution in [1.82, 2.24) is 74.3 Å². The molecular formula is C93H99Cl5N22O10. The van der Waals surface area contributed by atoms with Gasteiger partial charge in [0, 0.05) is 100 Å². The average Bonchev–Trinajstić information content (AvgIpc) is 1.52. The van der Waals surface area contributed by atoms with Gasteiger partial charge in [-0.2, -0.15) is 30.5 Å². The van der Waals surface area contributed by atoms with Crippen molar-refractivity contribution in [3.8, 4) is 18.1 Å². The zero-order valence-electron chi connectivity index (χ0n) is 73.7. The summed E-state index contributed by atoms with van der Waals surface area (Å²) in [6.07, 6.45) is 12.9. The zero-order valence-corrected chi connectivity index (χ0v) is 77.5. The third-order valence-electron chi connectivity index (χ3n) is 20.6. The van der Waals surface area contributed by atoms with Crippen LogP contribution in [0.5, 0.6) is 0 Å². The topological polar surface area (TPSA) is 428 Å². The molecular weight excluding hydrogens is 1760 g/mol. The van der Waals surface area contributed by atoms with E-state index in [-0.39, 0.29) is 27.1 Å². The van der Waals surface area contributed by atoms with E-state index in [1.54, 1.807) is 28.0 Å². The van der Waals surface area contributed by atoms with Crippen molar-refractivity contribution in [2.45, 2.75) is 196 Å². The van der Waals surface area contributed by atoms with Gasteiger partial charge in [-0.1, -0.05) is 96.0 Å². The van der Waals surface area contributed by atoms with Crippen molar-refractivity contribution in [1.29, 1.82) is 10.5 Å². The van der Waals surface area contributed by atoms with Crippen LogP contribution in [0.2, 0.25) is 26.2 Å². The van der Waals surface area contributed by atoms with Crippen LogP contribution in [0, 0.1) is 36.5 Å². The van der Waals surface area contributed by atoms with Crippen LogP contribution in [0.4, 0.5) is 43.5 Å². The fourth-order valence-corrected chi connectivity index (χ4v) is 16.1. The maximum Gasteiger partial charge on any atom is 0.416 e. The molecule has 13 aromatic rings. The largest absolute Gasteiger partial charge is 0.443 e. The quantitative estimate of drug-likeness (QED) is 0.0442. The number of nitrogens with one attached hydrogen (secondary N) is 7. The third kappa shape index (κ3) is 25.3. The second kappa shape index (κ2) is 42.9. The number of amides is 3. The minimum absolute atomic E-state index is 0.0270. The first-order valence-electron chi connectivity index (χ1n) is 42.4. The zero-order chi connectivity index (χ0) is 93.3. The number of nitrogens with zero attached hydrogens (tertiary/aromatic N) is 15. The Hall–Kier alpha value is -13.1. The van der Waals surface area contributed by atoms with E-state index in [0.717, 1.165) is 166 Å². The van der Waals surface area contributed by atoms with Crippen LogP contribution in [0.25, 0.3) is 38.8 Å². The smallest absolute Gasteiger partial charge is 0.416 e. The summed E-state index contributed by atoms with van der Waals surface area (Å²) in [7, 11) is 0. The summed E-state index contributed by atoms with van der Waals surface area (Å²) in [6, 6.07) is 43.1. The number of rotatable bonds is 7. The summed E-state index contributed by atoms with van der Waals surface area (Å²) in [5.74, 6) is 3.32. The molecule has 0 fully saturated rings. The molecule has 9 aromatic heterocycles. The third-order valence-corrected chi connectivity index (χ3v) is 21.7. The van der Waals surface area contributed by atoms with E-state index >= 15 is 0 Å². The van der Waals surface area contributed by atoms with Crippen molar-refractivity contribution in [3.05, 3.63) is 268 Å². The fourth-order valence-electron chi connectivity index (χ4n) is 14.9. The molecule has 0 atom stereocenters. The summed E-state index contributed by atoms with van der Waals surface area (Å²) >= 11 is 29.5. The van der Waals surface area contributed by atoms with E-state index in [2.05, 4.69) is 94.7 Å². The maximum atomic E-state index is 13.2. The van der Waals surface area contributed by atoms with Crippen LogP contribution >= 0.6 is 58.0 Å². The molecule has 0 spiro atoms. The highest BCUT2D eigenvalue weighted by Gasteiger charge is 2.35. The minimum atomic E-state index is -0.625. The summed E-state index contributed by atoms with van der Waals surface area (Å²) in [5, 5.41) is 28.7. The Kier molecular flexibility index (Phi) is 31.7. The van der Waals surface area contributed by atoms with Gasteiger partial charge in [0.2, 0.25) is 21.8 Å². The lowest BCUT2D eigenvalue weighted by Gasteiger charge is -2.31. The number of H-pyrrole nitrogens is 5. The number of ether oxygens (including phenoxy) is 3. The molecule has 7 N–H and O–H groups in total. The first-order chi connectivity index (χ1) is 62.0. The number of aromatic nitrogens is 15. The van der Waals surface area contributed by atoms with Crippen molar-refractivity contribution in [2.24, 2.45) is 0 Å². The van der Waals surface area contributed by atoms with Gasteiger partial charge >= 0.3 is 29.7 Å². The molecule has 130 heavy (non-hydrogen) atoms. The van der Waals surface area contributed by atoms with Crippen LogP contribution in [0.3, 0.4) is 0 Å². The number of hydrogen-bond acceptors (Lipinski definition) is 23. The van der Waals surface area contributed by atoms with Gasteiger partial charge in [-0.05, 0) is 261 Å². The van der Waals surface area contributed by atoms with Gasteiger partial charge in [-0.15, -0.1) is 0 Å². The highest BCUT2D eigenvalue weighted by molar-refractivity contribution is 6.33. The Morgan fingerprint density at radius 1 is 0.446 bits per heavy atom. The van der Waals surface area contributed by atoms with Gasteiger partial charge in [-0.25, -0.2) is 48.9 Å². The van der Waals surface area contributed by atoms with E-state index in [1.807, 2.05) is 172 Å². The normalized spacial score (nSPS) is 13.5. The standard InChI is InChI=1S/C29H30N6O2.C19H23ClN4O2.C12H15Cl2N3O2.C10H8N2.C8H8Cl2N2.C8H10N2O2.C7H5N3O2/c1-19-16-23-21(17-30)12-8-14-24(23)35(19)27-32-25(31-18-20-10-6-5-7-11-20)22-13-9-15-34(26(22)33-27)28(36)37-29(2,3)4;1-19(2,3)26-18(25)24-11-7-10-14-15(22-17(20)23-16(14)24)21-12-13-8-5-4-6-9-13;1-12(2,3)19-11(18)17-6-4-5-7-8(13)15-10(14)16-9(7)17;1-7-5-9-8(6-11)3-2-4-10(9)12-7;9-7-5-3-1-2-4-6(5)11-8(10)12-7;11-7-5-3-1-2-4-6(5)9-8(12)10-7;11-6-4-2-1-3-8-5(4)9-7(12)10-6/h5-8,10-12,14,16H,9,13,15,18H2,1-4H3,(H,31,32,33);4-6,8-9H,7,10-12H2,1-3H3,(H,21,22,23);4-6H2,1-3H3;2-5,12H,1H3;1-4H2;1-4H2,(H2,9,10,11,12);1-3H,(H2,8,9,10,11,12). The highest BCUT2D eigenvalue weighted by atomic mass is 35.5. The number of carbonyl (C=O) groups excluding carboxylic acids is 3. The average molecular weight is 1860 g/mol. The van der Waals surface area contributed by atoms with Crippen molar-refractivity contribution in [2.75, 3.05) is 45.0 Å². The molecule has 0 unspecified atom stereocenters. The predicted octanol–water partition coefficient (Wildman–Crippen LogP) is 18.4. The lowest BCUT2D eigenvalue weighted by atomic mass is 9.97. The number of hydrogen-bond donors (Lipinski definition) is 7. The molecule has 2 aliphatic carbocycles. The number of halogens is 5. The molecule has 32 nitrogen and oxygen atoms in total. The lowest BCUT2D eigenvalue weighted by Crippen LogP contribution is -2.41. The van der Waals surface area contributed by atoms with E-state index < -0.39 is 46.3 Å². The number of aromatic amines is 5. The van der Waals surface area contributed by atoms with Crippen LogP contribution in [-0.4, -0.2) is 129 Å². The molecule has 0 saturated heterocycles. The van der Waals surface area contributed by atoms with E-state index in [4.69, 9.17) is 87.4 Å². The van der Waals surface area contributed by atoms with E-state index in [1.165, 1.54) is 23.9 Å². The number of anilines is 5. The van der Waals surface area contributed by atoms with Crippen molar-refractivity contribution in [3.63, 3.8) is 0 Å². The van der Waals surface area contributed by atoms with Gasteiger partial charge in [0.15, 0.2) is 0 Å². The molecule has 5 aliphatic rings. The molecule has 676 valence electrons. The van der Waals surface area contributed by atoms with Gasteiger partial charge in [0.1, 0.15) is 61.8 Å². The van der Waals surface area contributed by atoms with E-state index in [9.17, 15) is 38.8 Å². The molecule has 0 radical (unpaired) electrons. The molecule has 0 bridgehead atoms. The number of fused-ring (bicyclic) bond motifs is 8. The molecule has 3 amide bonds. The summed E-state index contributed by atoms with van der Waals surface area (Å²) in [4.78, 5) is 137. The van der Waals surface area contributed by atoms with Crippen LogP contribution in [0.15, 0.2) is 147 Å². The van der Waals surface area contributed by atoms with Crippen molar-refractivity contribution >= 4 is 138 Å². The Morgan fingerprint density at radius 2 is 0.915 bits per heavy atom. The summed E-state index contributed by atoms with van der Waals surface area (Å²) in [5.41, 5.74) is 10.7.